The number of nitrogens with zero attached hydrogens (tertiary/aromatic N) is 1. The minimum absolute atomic E-state index is 0.128. The molecule has 0 aliphatic rings. The summed E-state index contributed by atoms with van der Waals surface area (Å²) in [5.74, 6) is 0.794. The van der Waals surface area contributed by atoms with Gasteiger partial charge in [-0.1, -0.05) is 13.8 Å². The van der Waals surface area contributed by atoms with Gasteiger partial charge in [0.2, 0.25) is 0 Å². The van der Waals surface area contributed by atoms with Gasteiger partial charge in [0.15, 0.2) is 0 Å². The molecule has 2 nitrogen and oxygen atoms in total. The molecule has 4 heteroatoms. The van der Waals surface area contributed by atoms with Crippen molar-refractivity contribution in [3.8, 4) is 0 Å². The van der Waals surface area contributed by atoms with Crippen molar-refractivity contribution in [2.75, 3.05) is 25.4 Å². The maximum absolute atomic E-state index is 13.2. The van der Waals surface area contributed by atoms with Gasteiger partial charge in [-0.15, -0.1) is 11.8 Å². The van der Waals surface area contributed by atoms with Crippen LogP contribution in [0.1, 0.15) is 32.4 Å². The molecule has 102 valence electrons. The van der Waals surface area contributed by atoms with Gasteiger partial charge in [-0.25, -0.2) is 4.39 Å². The van der Waals surface area contributed by atoms with Crippen molar-refractivity contribution in [3.05, 3.63) is 29.6 Å². The number of hydrogen-bond donors (Lipinski definition) is 1. The third-order valence-electron chi connectivity index (χ3n) is 3.02. The Hall–Kier alpha value is -0.580. The molecule has 0 saturated heterocycles. The molecule has 1 aromatic carbocycles. The minimum Gasteiger partial charge on any atom is -0.324 e. The number of rotatable bonds is 7. The Morgan fingerprint density at radius 3 is 2.56 bits per heavy atom. The van der Waals surface area contributed by atoms with E-state index in [0.29, 0.717) is 0 Å². The average Bonchev–Trinajstić information content (AvgIpc) is 2.36. The van der Waals surface area contributed by atoms with Gasteiger partial charge in [0, 0.05) is 23.2 Å². The Balaban J connectivity index is 2.61. The largest absolute Gasteiger partial charge is 0.324 e. The first-order chi connectivity index (χ1) is 8.58. The van der Waals surface area contributed by atoms with E-state index in [0.717, 1.165) is 35.8 Å². The molecule has 0 spiro atoms. The van der Waals surface area contributed by atoms with Gasteiger partial charge in [0.05, 0.1) is 0 Å². The van der Waals surface area contributed by atoms with Crippen molar-refractivity contribution in [2.24, 2.45) is 5.73 Å². The highest BCUT2D eigenvalue weighted by molar-refractivity contribution is 7.99. The highest BCUT2D eigenvalue weighted by Gasteiger charge is 2.09. The van der Waals surface area contributed by atoms with Crippen LogP contribution in [0.3, 0.4) is 0 Å². The molecule has 0 bridgehead atoms. The predicted octanol–water partition coefficient (Wildman–Crippen LogP) is 3.28. The Morgan fingerprint density at radius 1 is 1.33 bits per heavy atom. The van der Waals surface area contributed by atoms with E-state index in [9.17, 15) is 4.39 Å². The molecule has 0 amide bonds. The molecule has 0 aliphatic carbocycles. The number of halogens is 1. The maximum atomic E-state index is 13.2. The van der Waals surface area contributed by atoms with Gasteiger partial charge in [-0.05, 0) is 43.8 Å². The summed E-state index contributed by atoms with van der Waals surface area (Å²) >= 11 is 1.75. The van der Waals surface area contributed by atoms with E-state index in [-0.39, 0.29) is 11.9 Å². The van der Waals surface area contributed by atoms with Crippen molar-refractivity contribution < 1.29 is 4.39 Å². The Labute approximate surface area is 114 Å². The minimum atomic E-state index is -0.213. The zero-order chi connectivity index (χ0) is 13.5. The van der Waals surface area contributed by atoms with Gasteiger partial charge in [-0.3, -0.25) is 0 Å². The number of thioether (sulfide) groups is 1. The molecular formula is C14H23FN2S. The molecule has 2 N–H and O–H groups in total. The van der Waals surface area contributed by atoms with Crippen LogP contribution in [0.4, 0.5) is 4.39 Å². The monoisotopic (exact) mass is 270 g/mol. The molecule has 1 aromatic rings. The van der Waals surface area contributed by atoms with Crippen molar-refractivity contribution in [1.29, 1.82) is 0 Å². The lowest BCUT2D eigenvalue weighted by molar-refractivity contribution is 0.324. The Morgan fingerprint density at radius 2 is 2.00 bits per heavy atom. The van der Waals surface area contributed by atoms with Crippen molar-refractivity contribution in [2.45, 2.75) is 31.7 Å². The summed E-state index contributed by atoms with van der Waals surface area (Å²) in [5, 5.41) is 0. The predicted molar refractivity (Wildman–Crippen MR) is 77.5 cm³/mol. The second-order valence-corrected chi connectivity index (χ2v) is 5.48. The highest BCUT2D eigenvalue weighted by atomic mass is 32.2. The molecule has 0 saturated carbocycles. The van der Waals surface area contributed by atoms with Gasteiger partial charge < -0.3 is 10.6 Å². The lowest BCUT2D eigenvalue weighted by Crippen LogP contribution is -2.25. The third-order valence-corrected chi connectivity index (χ3v) is 4.09. The summed E-state index contributed by atoms with van der Waals surface area (Å²) in [6, 6.07) is 4.76. The molecule has 1 rings (SSSR count). The molecule has 18 heavy (non-hydrogen) atoms. The number of nitrogens with two attached hydrogens (primary N) is 1. The summed E-state index contributed by atoms with van der Waals surface area (Å²) in [6.45, 7) is 9.41. The Bertz CT molecular complexity index is 365. The fourth-order valence-electron chi connectivity index (χ4n) is 1.83. The van der Waals surface area contributed by atoms with Crippen molar-refractivity contribution in [1.82, 2.24) is 4.90 Å². The van der Waals surface area contributed by atoms with Gasteiger partial charge >= 0.3 is 0 Å². The summed E-state index contributed by atoms with van der Waals surface area (Å²) in [7, 11) is 0. The van der Waals surface area contributed by atoms with Gasteiger partial charge in [0.25, 0.3) is 0 Å². The van der Waals surface area contributed by atoms with Gasteiger partial charge in [-0.2, -0.15) is 0 Å². The van der Waals surface area contributed by atoms with E-state index in [1.807, 2.05) is 13.0 Å². The van der Waals surface area contributed by atoms with E-state index in [1.54, 1.807) is 17.8 Å². The van der Waals surface area contributed by atoms with E-state index in [2.05, 4.69) is 18.7 Å². The van der Waals surface area contributed by atoms with Crippen LogP contribution in [0.2, 0.25) is 0 Å². The molecule has 0 unspecified atom stereocenters. The van der Waals surface area contributed by atoms with Gasteiger partial charge in [0.1, 0.15) is 5.82 Å². The first-order valence-corrected chi connectivity index (χ1v) is 7.47. The van der Waals surface area contributed by atoms with Crippen LogP contribution in [0, 0.1) is 5.82 Å². The second-order valence-electron chi connectivity index (χ2n) is 4.35. The van der Waals surface area contributed by atoms with E-state index < -0.39 is 0 Å². The quantitative estimate of drug-likeness (QED) is 0.771. The zero-order valence-electron chi connectivity index (χ0n) is 11.4. The van der Waals surface area contributed by atoms with E-state index in [1.165, 1.54) is 6.07 Å². The lowest BCUT2D eigenvalue weighted by atomic mass is 10.1. The first-order valence-electron chi connectivity index (χ1n) is 6.48. The third kappa shape index (κ3) is 4.59. The van der Waals surface area contributed by atoms with Crippen molar-refractivity contribution in [3.63, 3.8) is 0 Å². The number of benzene rings is 1. The highest BCUT2D eigenvalue weighted by Crippen LogP contribution is 2.27. The molecule has 0 heterocycles. The van der Waals surface area contributed by atoms with Crippen LogP contribution in [0.15, 0.2) is 23.1 Å². The standard InChI is InChI=1S/C14H23FN2S/c1-4-17(5-2)8-9-18-14-7-6-12(15)10-13(14)11(3)16/h6-7,10-11H,4-5,8-9,16H2,1-3H3/t11-/m1/s1. The lowest BCUT2D eigenvalue weighted by Gasteiger charge is -2.18. The van der Waals surface area contributed by atoms with Crippen LogP contribution in [-0.4, -0.2) is 30.3 Å². The fourth-order valence-corrected chi connectivity index (χ4v) is 2.98. The molecule has 1 atom stereocenters. The van der Waals surface area contributed by atoms with Crippen LogP contribution < -0.4 is 5.73 Å². The van der Waals surface area contributed by atoms with E-state index >= 15 is 0 Å². The molecule has 0 aliphatic heterocycles. The SMILES string of the molecule is CCN(CC)CCSc1ccc(F)cc1[C@@H](C)N. The van der Waals surface area contributed by atoms with Crippen molar-refractivity contribution >= 4 is 11.8 Å². The molecular weight excluding hydrogens is 247 g/mol. The molecule has 0 aromatic heterocycles. The smallest absolute Gasteiger partial charge is 0.123 e. The summed E-state index contributed by atoms with van der Waals surface area (Å²) < 4.78 is 13.2. The Kier molecular flexibility index (Phi) is 6.68. The zero-order valence-corrected chi connectivity index (χ0v) is 12.3. The summed E-state index contributed by atoms with van der Waals surface area (Å²) in [5.41, 5.74) is 6.78. The second kappa shape index (κ2) is 7.77. The van der Waals surface area contributed by atoms with Crippen LogP contribution in [0.25, 0.3) is 0 Å². The maximum Gasteiger partial charge on any atom is 0.123 e. The average molecular weight is 270 g/mol. The van der Waals surface area contributed by atoms with Crippen LogP contribution in [0.5, 0.6) is 0 Å². The van der Waals surface area contributed by atoms with Crippen LogP contribution in [-0.2, 0) is 0 Å². The number of hydrogen-bond acceptors (Lipinski definition) is 3. The topological polar surface area (TPSA) is 29.3 Å². The van der Waals surface area contributed by atoms with Crippen LogP contribution >= 0.6 is 11.8 Å². The summed E-state index contributed by atoms with van der Waals surface area (Å²) in [4.78, 5) is 3.47. The van der Waals surface area contributed by atoms with E-state index in [4.69, 9.17) is 5.73 Å². The molecule has 0 fully saturated rings. The summed E-state index contributed by atoms with van der Waals surface area (Å²) in [6.07, 6.45) is 0. The molecule has 0 radical (unpaired) electrons. The first kappa shape index (κ1) is 15.5. The fraction of sp³-hybridized carbons (Fsp3) is 0.571. The normalized spacial score (nSPS) is 13.0.